The number of nitrogens with one attached hydrogen (secondary N) is 1. The van der Waals surface area contributed by atoms with Gasteiger partial charge in [0.15, 0.2) is 5.79 Å². The Hall–Kier alpha value is -1.89. The number of piperidine rings is 1. The Morgan fingerprint density at radius 2 is 1.81 bits per heavy atom. The highest BCUT2D eigenvalue weighted by molar-refractivity contribution is 6.30. The lowest BCUT2D eigenvalue weighted by Gasteiger charge is -2.37. The molecule has 0 radical (unpaired) electrons. The van der Waals surface area contributed by atoms with Crippen molar-refractivity contribution in [3.8, 4) is 0 Å². The Kier molecular flexibility index (Phi) is 5.48. The monoisotopic (exact) mass is 388 g/mol. The molecular formula is C20H25ClN4O2. The van der Waals surface area contributed by atoms with Crippen molar-refractivity contribution >= 4 is 23.4 Å². The normalized spacial score (nSPS) is 18.8. The molecule has 6 nitrogen and oxygen atoms in total. The standard InChI is InChI=1S/C20H25ClN4O2/c1-15-14-18(22-9-6-16-2-4-17(21)5-3-16)24-19(23-15)25-10-7-20(8-11-25)26-12-13-27-20/h2-5,14H,6-13H2,1H3,(H,22,23,24). The van der Waals surface area contributed by atoms with E-state index in [0.29, 0.717) is 13.2 Å². The lowest BCUT2D eigenvalue weighted by atomic mass is 10.0. The van der Waals surface area contributed by atoms with Crippen LogP contribution in [0.2, 0.25) is 5.02 Å². The average Bonchev–Trinajstić information content (AvgIpc) is 3.11. The molecule has 0 aliphatic carbocycles. The van der Waals surface area contributed by atoms with Crippen molar-refractivity contribution < 1.29 is 9.47 Å². The summed E-state index contributed by atoms with van der Waals surface area (Å²) in [5.74, 6) is 1.26. The number of hydrogen-bond acceptors (Lipinski definition) is 6. The molecule has 0 saturated carbocycles. The maximum absolute atomic E-state index is 5.94. The predicted octanol–water partition coefficient (Wildman–Crippen LogP) is 3.44. The molecule has 0 bridgehead atoms. The summed E-state index contributed by atoms with van der Waals surface area (Å²) >= 11 is 5.94. The molecule has 0 unspecified atom stereocenters. The smallest absolute Gasteiger partial charge is 0.227 e. The Balaban J connectivity index is 1.36. The van der Waals surface area contributed by atoms with Crippen LogP contribution in [-0.4, -0.2) is 48.6 Å². The van der Waals surface area contributed by atoms with Crippen LogP contribution in [-0.2, 0) is 15.9 Å². The van der Waals surface area contributed by atoms with Crippen molar-refractivity contribution in [2.24, 2.45) is 0 Å². The third-order valence-electron chi connectivity index (χ3n) is 5.10. The molecule has 2 aliphatic heterocycles. The number of rotatable bonds is 5. The third-order valence-corrected chi connectivity index (χ3v) is 5.35. The Morgan fingerprint density at radius 1 is 1.11 bits per heavy atom. The summed E-state index contributed by atoms with van der Waals surface area (Å²) in [5.41, 5.74) is 2.21. The molecule has 1 aromatic heterocycles. The number of ether oxygens (including phenoxy) is 2. The minimum absolute atomic E-state index is 0.375. The van der Waals surface area contributed by atoms with Crippen molar-refractivity contribution in [2.75, 3.05) is 43.1 Å². The SMILES string of the molecule is Cc1cc(NCCc2ccc(Cl)cc2)nc(N2CCC3(CC2)OCCO3)n1. The molecule has 2 fully saturated rings. The minimum atomic E-state index is -0.375. The molecular weight excluding hydrogens is 364 g/mol. The van der Waals surface area contributed by atoms with E-state index in [-0.39, 0.29) is 5.79 Å². The second kappa shape index (κ2) is 8.00. The molecule has 144 valence electrons. The summed E-state index contributed by atoms with van der Waals surface area (Å²) < 4.78 is 11.6. The number of halogens is 1. The first-order chi connectivity index (χ1) is 13.1. The van der Waals surface area contributed by atoms with Crippen LogP contribution >= 0.6 is 11.6 Å². The summed E-state index contributed by atoms with van der Waals surface area (Å²) in [6.07, 6.45) is 2.61. The topological polar surface area (TPSA) is 59.5 Å². The lowest BCUT2D eigenvalue weighted by molar-refractivity contribution is -0.169. The molecule has 1 aromatic carbocycles. The van der Waals surface area contributed by atoms with Crippen LogP contribution < -0.4 is 10.2 Å². The number of nitrogens with zero attached hydrogens (tertiary/aromatic N) is 3. The summed E-state index contributed by atoms with van der Waals surface area (Å²) in [4.78, 5) is 11.6. The number of hydrogen-bond donors (Lipinski definition) is 1. The highest BCUT2D eigenvalue weighted by atomic mass is 35.5. The number of aromatic nitrogens is 2. The fraction of sp³-hybridized carbons (Fsp3) is 0.500. The molecule has 2 aliphatic rings. The van der Waals surface area contributed by atoms with Crippen LogP contribution in [0.25, 0.3) is 0 Å². The van der Waals surface area contributed by atoms with Gasteiger partial charge < -0.3 is 19.7 Å². The Bertz CT molecular complexity index is 768. The van der Waals surface area contributed by atoms with Crippen molar-refractivity contribution in [3.63, 3.8) is 0 Å². The van der Waals surface area contributed by atoms with Gasteiger partial charge >= 0.3 is 0 Å². The maximum atomic E-state index is 5.94. The Morgan fingerprint density at radius 3 is 2.52 bits per heavy atom. The zero-order valence-corrected chi connectivity index (χ0v) is 16.3. The molecule has 1 spiro atoms. The molecule has 2 saturated heterocycles. The van der Waals surface area contributed by atoms with Gasteiger partial charge in [-0.3, -0.25) is 0 Å². The molecule has 27 heavy (non-hydrogen) atoms. The van der Waals surface area contributed by atoms with Crippen LogP contribution in [0.3, 0.4) is 0 Å². The fourth-order valence-corrected chi connectivity index (χ4v) is 3.73. The van der Waals surface area contributed by atoms with E-state index in [2.05, 4.69) is 27.3 Å². The second-order valence-electron chi connectivity index (χ2n) is 7.09. The quantitative estimate of drug-likeness (QED) is 0.846. The van der Waals surface area contributed by atoms with E-state index in [1.807, 2.05) is 25.1 Å². The van der Waals surface area contributed by atoms with Gasteiger partial charge in [-0.15, -0.1) is 0 Å². The summed E-state index contributed by atoms with van der Waals surface area (Å²) in [7, 11) is 0. The molecule has 7 heteroatoms. The number of aryl methyl sites for hydroxylation is 1. The first kappa shape index (κ1) is 18.5. The van der Waals surface area contributed by atoms with E-state index in [0.717, 1.165) is 61.4 Å². The van der Waals surface area contributed by atoms with E-state index in [1.54, 1.807) is 0 Å². The summed E-state index contributed by atoms with van der Waals surface area (Å²) in [5, 5.41) is 4.18. The van der Waals surface area contributed by atoms with Crippen LogP contribution in [0.15, 0.2) is 30.3 Å². The largest absolute Gasteiger partial charge is 0.370 e. The zero-order valence-electron chi connectivity index (χ0n) is 15.6. The second-order valence-corrected chi connectivity index (χ2v) is 7.53. The minimum Gasteiger partial charge on any atom is -0.370 e. The van der Waals surface area contributed by atoms with Gasteiger partial charge in [0, 0.05) is 49.3 Å². The molecule has 3 heterocycles. The number of anilines is 2. The van der Waals surface area contributed by atoms with Crippen LogP contribution in [0.1, 0.15) is 24.1 Å². The van der Waals surface area contributed by atoms with Crippen molar-refractivity contribution in [2.45, 2.75) is 32.0 Å². The molecule has 4 rings (SSSR count). The van der Waals surface area contributed by atoms with E-state index < -0.39 is 0 Å². The van der Waals surface area contributed by atoms with Crippen molar-refractivity contribution in [3.05, 3.63) is 46.6 Å². The van der Waals surface area contributed by atoms with Gasteiger partial charge in [-0.1, -0.05) is 23.7 Å². The van der Waals surface area contributed by atoms with Crippen LogP contribution in [0.4, 0.5) is 11.8 Å². The first-order valence-corrected chi connectivity index (χ1v) is 9.87. The highest BCUT2D eigenvalue weighted by Crippen LogP contribution is 2.32. The van der Waals surface area contributed by atoms with E-state index in [4.69, 9.17) is 26.1 Å². The van der Waals surface area contributed by atoms with Crippen LogP contribution in [0, 0.1) is 6.92 Å². The Labute approximate surface area is 164 Å². The van der Waals surface area contributed by atoms with Crippen molar-refractivity contribution in [1.29, 1.82) is 0 Å². The van der Waals surface area contributed by atoms with Crippen molar-refractivity contribution in [1.82, 2.24) is 9.97 Å². The van der Waals surface area contributed by atoms with E-state index in [1.165, 1.54) is 5.56 Å². The van der Waals surface area contributed by atoms with Gasteiger partial charge in [0.25, 0.3) is 0 Å². The van der Waals surface area contributed by atoms with Gasteiger partial charge in [-0.25, -0.2) is 4.98 Å². The van der Waals surface area contributed by atoms with Gasteiger partial charge in [-0.05, 0) is 31.0 Å². The molecule has 0 atom stereocenters. The molecule has 2 aromatic rings. The lowest BCUT2D eigenvalue weighted by Crippen LogP contribution is -2.45. The first-order valence-electron chi connectivity index (χ1n) is 9.49. The third kappa shape index (κ3) is 4.51. The van der Waals surface area contributed by atoms with Crippen LogP contribution in [0.5, 0.6) is 0 Å². The van der Waals surface area contributed by atoms with Gasteiger partial charge in [0.1, 0.15) is 5.82 Å². The fourth-order valence-electron chi connectivity index (χ4n) is 3.60. The summed E-state index contributed by atoms with van der Waals surface area (Å²) in [6.45, 7) is 5.89. The van der Waals surface area contributed by atoms with E-state index in [9.17, 15) is 0 Å². The summed E-state index contributed by atoms with van der Waals surface area (Å²) in [6, 6.07) is 9.93. The maximum Gasteiger partial charge on any atom is 0.227 e. The highest BCUT2D eigenvalue weighted by Gasteiger charge is 2.40. The van der Waals surface area contributed by atoms with E-state index >= 15 is 0 Å². The van der Waals surface area contributed by atoms with Gasteiger partial charge in [0.2, 0.25) is 5.95 Å². The zero-order chi connectivity index (χ0) is 18.7. The number of benzene rings is 1. The predicted molar refractivity (Wildman–Crippen MR) is 106 cm³/mol. The average molecular weight is 389 g/mol. The van der Waals surface area contributed by atoms with Gasteiger partial charge in [0.05, 0.1) is 13.2 Å². The molecule has 0 amide bonds. The van der Waals surface area contributed by atoms with Gasteiger partial charge in [-0.2, -0.15) is 4.98 Å². The molecule has 1 N–H and O–H groups in total.